The molecule has 1 unspecified atom stereocenters. The van der Waals surface area contributed by atoms with E-state index in [9.17, 15) is 29.4 Å². The van der Waals surface area contributed by atoms with Crippen LogP contribution in [0.15, 0.2) is 84.9 Å². The molecule has 5 rings (SSSR count). The molecule has 322 valence electrons. The summed E-state index contributed by atoms with van der Waals surface area (Å²) >= 11 is 6.26. The Hall–Kier alpha value is -2.38. The Bertz CT molecular complexity index is 1910. The van der Waals surface area contributed by atoms with Gasteiger partial charge in [0.15, 0.2) is 23.0 Å². The van der Waals surface area contributed by atoms with Gasteiger partial charge in [-0.05, 0) is 63.1 Å². The Labute approximate surface area is 458 Å². The molecular formula is C42H48Br2K2O15. The van der Waals surface area contributed by atoms with Gasteiger partial charge in [-0.25, -0.2) is 9.59 Å². The zero-order valence-electron chi connectivity index (χ0n) is 36.1. The molecule has 0 bridgehead atoms. The molecule has 0 saturated heterocycles. The van der Waals surface area contributed by atoms with Crippen LogP contribution in [0.2, 0.25) is 0 Å². The largest absolute Gasteiger partial charge is 1.00 e. The maximum Gasteiger partial charge on any atom is 1.00 e. The number of benzene rings is 4. The molecule has 0 fully saturated rings. The fourth-order valence-electron chi connectivity index (χ4n) is 4.48. The number of hydrogen-bond donors (Lipinski definition) is 2. The number of phenolic OH excluding ortho intramolecular Hbond substituents is 2. The molecule has 0 aliphatic carbocycles. The van der Waals surface area contributed by atoms with Crippen molar-refractivity contribution in [2.24, 2.45) is 0 Å². The summed E-state index contributed by atoms with van der Waals surface area (Å²) in [5, 5.41) is 27.9. The maximum atomic E-state index is 12.2. The molecule has 0 saturated carbocycles. The van der Waals surface area contributed by atoms with Crippen LogP contribution in [0, 0.1) is 13.8 Å². The first-order valence-electron chi connectivity index (χ1n) is 17.8. The number of fused-ring (bicyclic) bond motifs is 1. The molecule has 0 amide bonds. The van der Waals surface area contributed by atoms with E-state index in [2.05, 4.69) is 46.2 Å². The average Bonchev–Trinajstić information content (AvgIpc) is 3.25. The SMILES string of the molecule is CCOC(=O)C(Br)CBr.CCOC(C)=O.Cc1c(C(=O)OCc2ccccc2)ccc(O)c1O.Cc1c(C(=O)OCc2ccccc2)ccc2c1OCCO2.O=CO[O-].[H-].[K+].[K+]. The fraction of sp³-hybridized carbons (Fsp3) is 0.310. The van der Waals surface area contributed by atoms with Crippen molar-refractivity contribution in [1.82, 2.24) is 0 Å². The third-order valence-corrected chi connectivity index (χ3v) is 9.51. The Morgan fingerprint density at radius 1 is 0.754 bits per heavy atom. The van der Waals surface area contributed by atoms with Gasteiger partial charge in [0.1, 0.15) is 31.3 Å². The summed E-state index contributed by atoms with van der Waals surface area (Å²) < 4.78 is 30.7. The van der Waals surface area contributed by atoms with Crippen molar-refractivity contribution >= 4 is 62.2 Å². The number of alkyl halides is 2. The number of ether oxygens (including phenoxy) is 6. The second kappa shape index (κ2) is 36.0. The van der Waals surface area contributed by atoms with Gasteiger partial charge in [-0.3, -0.25) is 14.4 Å². The normalized spacial score (nSPS) is 10.6. The number of hydrogen-bond acceptors (Lipinski definition) is 15. The van der Waals surface area contributed by atoms with Crippen molar-refractivity contribution in [3.8, 4) is 23.0 Å². The first-order valence-corrected chi connectivity index (χ1v) is 19.8. The van der Waals surface area contributed by atoms with Crippen LogP contribution in [0.5, 0.6) is 23.0 Å². The molecule has 0 radical (unpaired) electrons. The molecule has 19 heteroatoms. The van der Waals surface area contributed by atoms with Crippen LogP contribution < -0.4 is 118 Å². The monoisotopic (exact) mass is 1030 g/mol. The maximum absolute atomic E-state index is 12.2. The van der Waals surface area contributed by atoms with E-state index in [4.69, 9.17) is 29.0 Å². The molecular weight excluding hydrogens is 982 g/mol. The summed E-state index contributed by atoms with van der Waals surface area (Å²) in [6.45, 7) is 10.5. The second-order valence-electron chi connectivity index (χ2n) is 11.5. The molecule has 2 N–H and O–H groups in total. The molecule has 1 atom stereocenters. The van der Waals surface area contributed by atoms with E-state index in [0.717, 1.165) is 16.7 Å². The van der Waals surface area contributed by atoms with Crippen LogP contribution in [-0.2, 0) is 51.4 Å². The Balaban J connectivity index is -0.000000778. The summed E-state index contributed by atoms with van der Waals surface area (Å²) in [7, 11) is 0. The molecule has 4 aromatic rings. The minimum atomic E-state index is -0.531. The number of aromatic hydroxyl groups is 2. The topological polar surface area (TPSA) is 213 Å². The fourth-order valence-corrected chi connectivity index (χ4v) is 4.88. The first-order chi connectivity index (χ1) is 28.2. The first kappa shape index (κ1) is 60.7. The van der Waals surface area contributed by atoms with Gasteiger partial charge >= 0.3 is 127 Å². The zero-order chi connectivity index (χ0) is 44.2. The predicted molar refractivity (Wildman–Crippen MR) is 222 cm³/mol. The summed E-state index contributed by atoms with van der Waals surface area (Å²) in [4.78, 5) is 55.6. The quantitative estimate of drug-likeness (QED) is 0.0310. The molecule has 4 aromatic carbocycles. The van der Waals surface area contributed by atoms with Crippen molar-refractivity contribution < 1.29 is 177 Å². The molecule has 1 aliphatic heterocycles. The summed E-state index contributed by atoms with van der Waals surface area (Å²) in [5.74, 6) is -0.545. The van der Waals surface area contributed by atoms with Crippen LogP contribution in [0.3, 0.4) is 0 Å². The van der Waals surface area contributed by atoms with Crippen molar-refractivity contribution in [2.75, 3.05) is 31.8 Å². The molecule has 1 aliphatic rings. The van der Waals surface area contributed by atoms with E-state index in [1.165, 1.54) is 19.1 Å². The number of carbonyl (C=O) groups excluding carboxylic acids is 5. The number of esters is 4. The molecule has 0 aromatic heterocycles. The Kier molecular flexibility index (Phi) is 35.8. The number of phenols is 2. The summed E-state index contributed by atoms with van der Waals surface area (Å²) in [6.07, 6.45) is 0. The molecule has 0 spiro atoms. The second-order valence-corrected chi connectivity index (χ2v) is 13.2. The predicted octanol–water partition coefficient (Wildman–Crippen LogP) is 0.719. The Morgan fingerprint density at radius 2 is 1.21 bits per heavy atom. The summed E-state index contributed by atoms with van der Waals surface area (Å²) in [6, 6.07) is 25.1. The van der Waals surface area contributed by atoms with E-state index in [0.29, 0.717) is 54.4 Å². The smallest absolute Gasteiger partial charge is 1.00 e. The van der Waals surface area contributed by atoms with E-state index < -0.39 is 5.97 Å². The third-order valence-electron chi connectivity index (χ3n) is 7.30. The minimum absolute atomic E-state index is 0. The molecule has 61 heavy (non-hydrogen) atoms. The van der Waals surface area contributed by atoms with Gasteiger partial charge in [-0.1, -0.05) is 92.5 Å². The number of carbonyl (C=O) groups is 5. The van der Waals surface area contributed by atoms with E-state index in [1.54, 1.807) is 32.9 Å². The summed E-state index contributed by atoms with van der Waals surface area (Å²) in [5.41, 5.74) is 3.65. The van der Waals surface area contributed by atoms with E-state index in [-0.39, 0.29) is 164 Å². The Morgan fingerprint density at radius 3 is 1.64 bits per heavy atom. The van der Waals surface area contributed by atoms with E-state index >= 15 is 0 Å². The van der Waals surface area contributed by atoms with Gasteiger partial charge in [0.2, 0.25) is 0 Å². The van der Waals surface area contributed by atoms with Gasteiger partial charge in [0.05, 0.1) is 24.3 Å². The zero-order valence-corrected chi connectivity index (χ0v) is 44.6. The van der Waals surface area contributed by atoms with Crippen LogP contribution in [0.4, 0.5) is 0 Å². The van der Waals surface area contributed by atoms with Crippen LogP contribution in [0.1, 0.15) is 65.2 Å². The number of rotatable bonds is 11. The number of halogens is 2. The van der Waals surface area contributed by atoms with Crippen molar-refractivity contribution in [2.45, 2.75) is 52.7 Å². The average molecular weight is 1030 g/mol. The minimum Gasteiger partial charge on any atom is -1.00 e. The van der Waals surface area contributed by atoms with Gasteiger partial charge in [0.25, 0.3) is 6.47 Å². The van der Waals surface area contributed by atoms with Crippen LogP contribution >= 0.6 is 31.9 Å². The standard InChI is InChI=1S/C17H16O4.C15H14O4.C5H8Br2O2.C4H8O2.CH2O3.2K.H/c1-12-14(7-8-15-16(12)20-10-9-19-15)17(18)21-11-13-5-3-2-4-6-13;1-10-12(7-8-13(16)14(10)17)15(18)19-9-11-5-3-2-4-6-11;1-2-9-5(8)4(7)3-6;1-3-6-4(2)5;2-1-4-3;;;/h2-8H,9-11H2,1H3;2-8,16-17H,9H2,1H3;4H,2-3H2,1H3;3H2,1-2H3;1,3H;;;/q;;;;;2*+1;-1/p-1. The van der Waals surface area contributed by atoms with Gasteiger partial charge in [-0.2, -0.15) is 0 Å². The third kappa shape index (κ3) is 24.3. The van der Waals surface area contributed by atoms with Gasteiger partial charge in [0, 0.05) is 23.4 Å². The van der Waals surface area contributed by atoms with Crippen molar-refractivity contribution in [3.63, 3.8) is 0 Å². The van der Waals surface area contributed by atoms with Gasteiger partial charge in [-0.15, -0.1) is 0 Å². The van der Waals surface area contributed by atoms with Crippen molar-refractivity contribution in [3.05, 3.63) is 118 Å². The van der Waals surface area contributed by atoms with Crippen LogP contribution in [0.25, 0.3) is 0 Å². The van der Waals surface area contributed by atoms with Crippen LogP contribution in [-0.4, -0.2) is 77.1 Å². The van der Waals surface area contributed by atoms with E-state index in [1.807, 2.05) is 67.6 Å². The molecule has 1 heterocycles. The van der Waals surface area contributed by atoms with Gasteiger partial charge < -0.3 is 50.2 Å². The molecule has 15 nitrogen and oxygen atoms in total. The van der Waals surface area contributed by atoms with Crippen molar-refractivity contribution in [1.29, 1.82) is 0 Å².